The summed E-state index contributed by atoms with van der Waals surface area (Å²) in [5.74, 6) is 1.02. The summed E-state index contributed by atoms with van der Waals surface area (Å²) in [5, 5.41) is 0. The lowest BCUT2D eigenvalue weighted by atomic mass is 9.86. The van der Waals surface area contributed by atoms with Gasteiger partial charge in [-0.15, -0.1) is 0 Å². The van der Waals surface area contributed by atoms with Crippen molar-refractivity contribution in [3.8, 4) is 5.75 Å². The van der Waals surface area contributed by atoms with Gasteiger partial charge in [-0.05, 0) is 54.7 Å². The zero-order chi connectivity index (χ0) is 21.8. The van der Waals surface area contributed by atoms with Crippen LogP contribution in [0.15, 0.2) is 48.8 Å². The second-order valence-electron chi connectivity index (χ2n) is 8.09. The minimum atomic E-state index is -0.438. The second kappa shape index (κ2) is 9.47. The first-order valence-corrected chi connectivity index (χ1v) is 10.8. The third-order valence-electron chi connectivity index (χ3n) is 6.38. The molecule has 2 aromatic rings. The summed E-state index contributed by atoms with van der Waals surface area (Å²) in [7, 11) is 3.22. The minimum Gasteiger partial charge on any atom is -0.497 e. The molecule has 7 heteroatoms. The van der Waals surface area contributed by atoms with Crippen LogP contribution in [0.1, 0.15) is 36.4 Å². The molecule has 0 radical (unpaired) electrons. The fourth-order valence-electron chi connectivity index (χ4n) is 4.61. The van der Waals surface area contributed by atoms with Gasteiger partial charge in [-0.1, -0.05) is 12.1 Å². The number of hydrogen-bond donors (Lipinski definition) is 0. The van der Waals surface area contributed by atoms with Gasteiger partial charge in [-0.3, -0.25) is 14.6 Å². The number of ether oxygens (including phenoxy) is 2. The van der Waals surface area contributed by atoms with E-state index in [1.165, 1.54) is 0 Å². The van der Waals surface area contributed by atoms with Crippen LogP contribution >= 0.6 is 0 Å². The Kier molecular flexibility index (Phi) is 6.51. The summed E-state index contributed by atoms with van der Waals surface area (Å²) < 4.78 is 10.6. The van der Waals surface area contributed by atoms with E-state index in [1.54, 1.807) is 26.6 Å². The summed E-state index contributed by atoms with van der Waals surface area (Å²) in [6, 6.07) is 11.8. The summed E-state index contributed by atoms with van der Waals surface area (Å²) >= 11 is 0. The number of aryl methyl sites for hydroxylation is 1. The van der Waals surface area contributed by atoms with E-state index in [0.29, 0.717) is 25.9 Å². The van der Waals surface area contributed by atoms with E-state index >= 15 is 0 Å². The predicted octanol–water partition coefficient (Wildman–Crippen LogP) is 2.61. The molecular formula is C24H29N3O4. The molecule has 2 aliphatic rings. The molecule has 0 aliphatic carbocycles. The summed E-state index contributed by atoms with van der Waals surface area (Å²) in [6.45, 7) is 1.35. The number of hydrogen-bond acceptors (Lipinski definition) is 5. The minimum absolute atomic E-state index is 0.0357. The molecule has 164 valence electrons. The van der Waals surface area contributed by atoms with Gasteiger partial charge in [0, 0.05) is 45.1 Å². The van der Waals surface area contributed by atoms with Gasteiger partial charge in [0.25, 0.3) is 5.91 Å². The molecule has 2 amide bonds. The highest BCUT2D eigenvalue weighted by Crippen LogP contribution is 2.40. The van der Waals surface area contributed by atoms with E-state index in [1.807, 2.05) is 46.2 Å². The maximum absolute atomic E-state index is 12.7. The molecule has 7 nitrogen and oxygen atoms in total. The number of β-lactam (4-membered cyclic amide) rings is 1. The quantitative estimate of drug-likeness (QED) is 0.640. The summed E-state index contributed by atoms with van der Waals surface area (Å²) in [6.07, 6.45) is 5.83. The fraction of sp³-hybridized carbons (Fsp3) is 0.458. The molecular weight excluding hydrogens is 394 g/mol. The number of carbonyl (C=O) groups excluding carboxylic acids is 2. The number of nitrogens with zero attached hydrogens (tertiary/aromatic N) is 3. The summed E-state index contributed by atoms with van der Waals surface area (Å²) in [4.78, 5) is 33.3. The Hall–Kier alpha value is -2.93. The van der Waals surface area contributed by atoms with Crippen LogP contribution in [-0.4, -0.2) is 66.1 Å². The monoisotopic (exact) mass is 423 g/mol. The van der Waals surface area contributed by atoms with Crippen molar-refractivity contribution in [1.82, 2.24) is 14.8 Å². The molecule has 2 atom stereocenters. The molecule has 2 aliphatic heterocycles. The SMILES string of the molecule is COc1ccc(CCC(=O)N2CCC(N3C(=O)[C@H](OC)[C@@H]3c3ccncc3)CC2)cc1. The molecule has 2 fully saturated rings. The Balaban J connectivity index is 1.31. The Morgan fingerprint density at radius 1 is 1.06 bits per heavy atom. The number of methoxy groups -OCH3 is 2. The van der Waals surface area contributed by atoms with Crippen molar-refractivity contribution in [2.45, 2.75) is 43.9 Å². The molecule has 3 heterocycles. The lowest BCUT2D eigenvalue weighted by molar-refractivity contribution is -0.178. The molecule has 0 saturated carbocycles. The van der Waals surface area contributed by atoms with Gasteiger partial charge in [-0.25, -0.2) is 0 Å². The third-order valence-corrected chi connectivity index (χ3v) is 6.38. The van der Waals surface area contributed by atoms with Gasteiger partial charge in [0.1, 0.15) is 5.75 Å². The molecule has 0 unspecified atom stereocenters. The highest BCUT2D eigenvalue weighted by atomic mass is 16.5. The maximum atomic E-state index is 12.7. The molecule has 4 rings (SSSR count). The number of rotatable bonds is 7. The van der Waals surface area contributed by atoms with Crippen molar-refractivity contribution >= 4 is 11.8 Å². The average Bonchev–Trinajstić information content (AvgIpc) is 2.82. The number of aromatic nitrogens is 1. The predicted molar refractivity (Wildman–Crippen MR) is 116 cm³/mol. The maximum Gasteiger partial charge on any atom is 0.255 e. The number of carbonyl (C=O) groups is 2. The third kappa shape index (κ3) is 4.42. The van der Waals surface area contributed by atoms with Gasteiger partial charge in [0.15, 0.2) is 6.10 Å². The summed E-state index contributed by atoms with van der Waals surface area (Å²) in [5.41, 5.74) is 2.17. The number of pyridine rings is 1. The highest BCUT2D eigenvalue weighted by Gasteiger charge is 2.51. The van der Waals surface area contributed by atoms with Crippen molar-refractivity contribution in [3.63, 3.8) is 0 Å². The second-order valence-corrected chi connectivity index (χ2v) is 8.09. The van der Waals surface area contributed by atoms with Crippen molar-refractivity contribution in [3.05, 3.63) is 59.9 Å². The van der Waals surface area contributed by atoms with Gasteiger partial charge >= 0.3 is 0 Å². The van der Waals surface area contributed by atoms with E-state index in [0.717, 1.165) is 29.7 Å². The van der Waals surface area contributed by atoms with E-state index in [-0.39, 0.29) is 23.9 Å². The molecule has 2 saturated heterocycles. The van der Waals surface area contributed by atoms with E-state index in [2.05, 4.69) is 4.98 Å². The fourth-order valence-corrected chi connectivity index (χ4v) is 4.61. The van der Waals surface area contributed by atoms with Crippen LogP contribution in [0.4, 0.5) is 0 Å². The average molecular weight is 424 g/mol. The van der Waals surface area contributed by atoms with Crippen molar-refractivity contribution in [2.24, 2.45) is 0 Å². The number of amides is 2. The highest BCUT2D eigenvalue weighted by molar-refractivity contribution is 5.89. The van der Waals surface area contributed by atoms with Crippen LogP contribution in [0.3, 0.4) is 0 Å². The van der Waals surface area contributed by atoms with Crippen LogP contribution in [0.5, 0.6) is 5.75 Å². The van der Waals surface area contributed by atoms with Gasteiger partial charge in [-0.2, -0.15) is 0 Å². The molecule has 0 spiro atoms. The van der Waals surface area contributed by atoms with Crippen LogP contribution in [-0.2, 0) is 20.7 Å². The largest absolute Gasteiger partial charge is 0.497 e. The van der Waals surface area contributed by atoms with E-state index in [9.17, 15) is 9.59 Å². The standard InChI is InChI=1S/C24H29N3O4/c1-30-20-6-3-17(4-7-20)5-8-21(28)26-15-11-19(12-16-26)27-22(23(31-2)24(27)29)18-9-13-25-14-10-18/h3-4,6-7,9-10,13-14,19,22-23H,5,8,11-12,15-16H2,1-2H3/t22-,23+/m0/s1. The first-order chi connectivity index (χ1) is 15.1. The zero-order valence-electron chi connectivity index (χ0n) is 18.1. The lowest BCUT2D eigenvalue weighted by Crippen LogP contribution is -2.64. The van der Waals surface area contributed by atoms with Gasteiger partial charge < -0.3 is 19.3 Å². The van der Waals surface area contributed by atoms with Crippen LogP contribution in [0, 0.1) is 0 Å². The van der Waals surface area contributed by atoms with E-state index in [4.69, 9.17) is 9.47 Å². The smallest absolute Gasteiger partial charge is 0.255 e. The normalized spacial score (nSPS) is 21.7. The Morgan fingerprint density at radius 2 is 1.74 bits per heavy atom. The Bertz CT molecular complexity index is 895. The Morgan fingerprint density at radius 3 is 2.35 bits per heavy atom. The number of benzene rings is 1. The Labute approximate surface area is 183 Å². The molecule has 0 N–H and O–H groups in total. The number of piperidine rings is 1. The van der Waals surface area contributed by atoms with Crippen LogP contribution < -0.4 is 4.74 Å². The topological polar surface area (TPSA) is 72.0 Å². The number of likely N-dealkylation sites (tertiary alicyclic amines) is 2. The van der Waals surface area contributed by atoms with Gasteiger partial charge in [0.05, 0.1) is 13.2 Å². The molecule has 31 heavy (non-hydrogen) atoms. The molecule has 1 aromatic heterocycles. The van der Waals surface area contributed by atoms with Crippen molar-refractivity contribution in [1.29, 1.82) is 0 Å². The van der Waals surface area contributed by atoms with Gasteiger partial charge in [0.2, 0.25) is 5.91 Å². The zero-order valence-corrected chi connectivity index (χ0v) is 18.1. The van der Waals surface area contributed by atoms with Crippen LogP contribution in [0.25, 0.3) is 0 Å². The van der Waals surface area contributed by atoms with Crippen LogP contribution in [0.2, 0.25) is 0 Å². The molecule has 0 bridgehead atoms. The lowest BCUT2D eigenvalue weighted by Gasteiger charge is -2.52. The first kappa shape index (κ1) is 21.3. The van der Waals surface area contributed by atoms with Crippen molar-refractivity contribution < 1.29 is 19.1 Å². The van der Waals surface area contributed by atoms with Crippen molar-refractivity contribution in [2.75, 3.05) is 27.3 Å². The first-order valence-electron chi connectivity index (χ1n) is 10.8. The van der Waals surface area contributed by atoms with E-state index < -0.39 is 6.10 Å². The molecule has 1 aromatic carbocycles.